The van der Waals surface area contributed by atoms with Gasteiger partial charge in [0.25, 0.3) is 0 Å². The van der Waals surface area contributed by atoms with E-state index in [4.69, 9.17) is 14.2 Å². The lowest BCUT2D eigenvalue weighted by Crippen LogP contribution is -2.17. The van der Waals surface area contributed by atoms with E-state index in [1.54, 1.807) is 21.3 Å². The van der Waals surface area contributed by atoms with Crippen LogP contribution in [0, 0.1) is 0 Å². The van der Waals surface area contributed by atoms with Crippen LogP contribution in [0.25, 0.3) is 0 Å². The summed E-state index contributed by atoms with van der Waals surface area (Å²) in [5, 5.41) is 0. The minimum atomic E-state index is 0.670. The number of benzene rings is 2. The van der Waals surface area contributed by atoms with Gasteiger partial charge in [-0.2, -0.15) is 0 Å². The van der Waals surface area contributed by atoms with Crippen LogP contribution < -0.4 is 14.2 Å². The van der Waals surface area contributed by atoms with Crippen molar-refractivity contribution in [1.82, 2.24) is 4.90 Å². The van der Waals surface area contributed by atoms with Gasteiger partial charge in [-0.3, -0.25) is 4.90 Å². The highest BCUT2D eigenvalue weighted by molar-refractivity contribution is 9.10. The van der Waals surface area contributed by atoms with Crippen molar-refractivity contribution in [1.29, 1.82) is 0 Å². The third-order valence-corrected chi connectivity index (χ3v) is 4.12. The van der Waals surface area contributed by atoms with Gasteiger partial charge in [-0.05, 0) is 30.8 Å². The number of halogens is 1. The Bertz CT molecular complexity index is 643. The van der Waals surface area contributed by atoms with Crippen LogP contribution in [0.2, 0.25) is 0 Å². The second-order valence-corrected chi connectivity index (χ2v) is 6.23. The Morgan fingerprint density at radius 3 is 1.96 bits per heavy atom. The summed E-state index contributed by atoms with van der Waals surface area (Å²) in [6.45, 7) is 1.60. The Morgan fingerprint density at radius 1 is 0.826 bits per heavy atom. The van der Waals surface area contributed by atoms with Gasteiger partial charge in [-0.1, -0.05) is 28.1 Å². The maximum absolute atomic E-state index is 5.49. The van der Waals surface area contributed by atoms with E-state index in [-0.39, 0.29) is 0 Å². The standard InChI is InChI=1S/C18H22BrNO3/c1-20(11-13-5-7-15(19)8-6-13)12-14-9-17(22-3)18(23-4)10-16(14)21-2/h5-10H,11-12H2,1-4H3. The van der Waals surface area contributed by atoms with Gasteiger partial charge in [-0.25, -0.2) is 0 Å². The highest BCUT2D eigenvalue weighted by atomic mass is 79.9. The second-order valence-electron chi connectivity index (χ2n) is 5.32. The number of methoxy groups -OCH3 is 3. The third kappa shape index (κ3) is 4.62. The van der Waals surface area contributed by atoms with Gasteiger partial charge in [0.1, 0.15) is 5.75 Å². The molecule has 0 saturated carbocycles. The average molecular weight is 380 g/mol. The van der Waals surface area contributed by atoms with E-state index in [1.165, 1.54) is 5.56 Å². The smallest absolute Gasteiger partial charge is 0.164 e. The zero-order valence-corrected chi connectivity index (χ0v) is 15.5. The van der Waals surface area contributed by atoms with Gasteiger partial charge >= 0.3 is 0 Å². The van der Waals surface area contributed by atoms with Crippen LogP contribution in [0.4, 0.5) is 0 Å². The predicted molar refractivity (Wildman–Crippen MR) is 95.4 cm³/mol. The third-order valence-electron chi connectivity index (χ3n) is 3.59. The number of rotatable bonds is 7. The van der Waals surface area contributed by atoms with Crippen molar-refractivity contribution >= 4 is 15.9 Å². The van der Waals surface area contributed by atoms with Crippen LogP contribution in [0.1, 0.15) is 11.1 Å². The zero-order chi connectivity index (χ0) is 16.8. The van der Waals surface area contributed by atoms with Crippen molar-refractivity contribution in [2.24, 2.45) is 0 Å². The monoisotopic (exact) mass is 379 g/mol. The van der Waals surface area contributed by atoms with E-state index >= 15 is 0 Å². The molecule has 0 bridgehead atoms. The summed E-state index contributed by atoms with van der Waals surface area (Å²) in [4.78, 5) is 2.23. The zero-order valence-electron chi connectivity index (χ0n) is 13.9. The van der Waals surface area contributed by atoms with Crippen molar-refractivity contribution in [3.8, 4) is 17.2 Å². The highest BCUT2D eigenvalue weighted by Crippen LogP contribution is 2.35. The van der Waals surface area contributed by atoms with E-state index in [1.807, 2.05) is 12.1 Å². The van der Waals surface area contributed by atoms with Crippen LogP contribution in [-0.2, 0) is 13.1 Å². The molecule has 0 amide bonds. The molecule has 0 radical (unpaired) electrons. The summed E-state index contributed by atoms with van der Waals surface area (Å²) in [5.41, 5.74) is 2.32. The molecule has 0 saturated heterocycles. The van der Waals surface area contributed by atoms with Crippen molar-refractivity contribution in [3.63, 3.8) is 0 Å². The quantitative estimate of drug-likeness (QED) is 0.724. The summed E-state index contributed by atoms with van der Waals surface area (Å²) >= 11 is 3.46. The van der Waals surface area contributed by atoms with Gasteiger partial charge in [0.2, 0.25) is 0 Å². The molecule has 0 unspecified atom stereocenters. The molecule has 0 atom stereocenters. The molecule has 0 aliphatic carbocycles. The molecular weight excluding hydrogens is 358 g/mol. The van der Waals surface area contributed by atoms with Crippen molar-refractivity contribution < 1.29 is 14.2 Å². The van der Waals surface area contributed by atoms with Gasteiger partial charge in [0, 0.05) is 29.2 Å². The first-order chi connectivity index (χ1) is 11.1. The second kappa shape index (κ2) is 8.22. The summed E-state index contributed by atoms with van der Waals surface area (Å²) in [6.07, 6.45) is 0. The van der Waals surface area contributed by atoms with E-state index in [0.29, 0.717) is 11.5 Å². The lowest BCUT2D eigenvalue weighted by molar-refractivity contribution is 0.305. The molecule has 0 heterocycles. The molecule has 4 nitrogen and oxygen atoms in total. The summed E-state index contributed by atoms with van der Waals surface area (Å²) in [7, 11) is 7.01. The first-order valence-electron chi connectivity index (χ1n) is 7.29. The molecular formula is C18H22BrNO3. The molecule has 2 rings (SSSR count). The average Bonchev–Trinajstić information content (AvgIpc) is 2.56. The fraction of sp³-hybridized carbons (Fsp3) is 0.333. The highest BCUT2D eigenvalue weighted by Gasteiger charge is 2.13. The maximum Gasteiger partial charge on any atom is 0.164 e. The van der Waals surface area contributed by atoms with Gasteiger partial charge < -0.3 is 14.2 Å². The van der Waals surface area contributed by atoms with Crippen molar-refractivity contribution in [3.05, 3.63) is 52.0 Å². The Balaban J connectivity index is 2.15. The van der Waals surface area contributed by atoms with Crippen LogP contribution in [0.3, 0.4) is 0 Å². The van der Waals surface area contributed by atoms with Crippen molar-refractivity contribution in [2.45, 2.75) is 13.1 Å². The lowest BCUT2D eigenvalue weighted by atomic mass is 10.1. The fourth-order valence-corrected chi connectivity index (χ4v) is 2.73. The fourth-order valence-electron chi connectivity index (χ4n) is 2.46. The van der Waals surface area contributed by atoms with E-state index in [2.05, 4.69) is 52.1 Å². The van der Waals surface area contributed by atoms with Crippen LogP contribution >= 0.6 is 15.9 Å². The maximum atomic E-state index is 5.49. The van der Waals surface area contributed by atoms with Gasteiger partial charge in [-0.15, -0.1) is 0 Å². The SMILES string of the molecule is COc1cc(OC)c(OC)cc1CN(C)Cc1ccc(Br)cc1. The molecule has 124 valence electrons. The van der Waals surface area contributed by atoms with Gasteiger partial charge in [0.15, 0.2) is 11.5 Å². The van der Waals surface area contributed by atoms with Crippen LogP contribution in [-0.4, -0.2) is 33.3 Å². The number of hydrogen-bond acceptors (Lipinski definition) is 4. The molecule has 0 aliphatic rings. The molecule has 0 spiro atoms. The minimum absolute atomic E-state index is 0.670. The molecule has 5 heteroatoms. The normalized spacial score (nSPS) is 10.7. The summed E-state index contributed by atoms with van der Waals surface area (Å²) in [5.74, 6) is 2.18. The predicted octanol–water partition coefficient (Wildman–Crippen LogP) is 4.11. The molecule has 2 aromatic carbocycles. The Hall–Kier alpha value is -1.72. The van der Waals surface area contributed by atoms with E-state index in [9.17, 15) is 0 Å². The molecule has 23 heavy (non-hydrogen) atoms. The number of nitrogens with zero attached hydrogens (tertiary/aromatic N) is 1. The molecule has 0 fully saturated rings. The van der Waals surface area contributed by atoms with Crippen molar-refractivity contribution in [2.75, 3.05) is 28.4 Å². The molecule has 0 aromatic heterocycles. The molecule has 2 aromatic rings. The summed E-state index contributed by atoms with van der Waals surface area (Å²) < 4.78 is 17.3. The first-order valence-corrected chi connectivity index (χ1v) is 8.08. The topological polar surface area (TPSA) is 30.9 Å². The minimum Gasteiger partial charge on any atom is -0.496 e. The lowest BCUT2D eigenvalue weighted by Gasteiger charge is -2.20. The summed E-state index contributed by atoms with van der Waals surface area (Å²) in [6, 6.07) is 12.2. The van der Waals surface area contributed by atoms with E-state index in [0.717, 1.165) is 28.9 Å². The first kappa shape index (κ1) is 17.6. The Morgan fingerprint density at radius 2 is 1.39 bits per heavy atom. The number of ether oxygens (including phenoxy) is 3. The van der Waals surface area contributed by atoms with E-state index < -0.39 is 0 Å². The van der Waals surface area contributed by atoms with Gasteiger partial charge in [0.05, 0.1) is 21.3 Å². The Kier molecular flexibility index (Phi) is 6.30. The molecule has 0 N–H and O–H groups in total. The largest absolute Gasteiger partial charge is 0.496 e. The molecule has 0 aliphatic heterocycles. The van der Waals surface area contributed by atoms with Crippen LogP contribution in [0.5, 0.6) is 17.2 Å². The Labute approximate surface area is 146 Å². The number of hydrogen-bond donors (Lipinski definition) is 0. The van der Waals surface area contributed by atoms with Crippen LogP contribution in [0.15, 0.2) is 40.9 Å².